The zero-order valence-electron chi connectivity index (χ0n) is 12.5. The Morgan fingerprint density at radius 1 is 1.26 bits per heavy atom. The van der Waals surface area contributed by atoms with Crippen LogP contribution in [-0.4, -0.2) is 28.7 Å². The van der Waals surface area contributed by atoms with Crippen molar-refractivity contribution in [3.63, 3.8) is 0 Å². The maximum atomic E-state index is 12.9. The van der Waals surface area contributed by atoms with E-state index in [-0.39, 0.29) is 11.3 Å². The average Bonchev–Trinajstić information content (AvgIpc) is 2.83. The van der Waals surface area contributed by atoms with Crippen LogP contribution in [0.5, 0.6) is 0 Å². The number of alkyl halides is 1. The molecule has 0 bridgehead atoms. The maximum absolute atomic E-state index is 12.9. The van der Waals surface area contributed by atoms with Crippen LogP contribution in [-0.2, 0) is 4.79 Å². The van der Waals surface area contributed by atoms with Crippen molar-refractivity contribution in [2.75, 3.05) is 11.9 Å². The molecule has 2 nitrogen and oxygen atoms in total. The van der Waals surface area contributed by atoms with Gasteiger partial charge in [0.05, 0.1) is 0 Å². The van der Waals surface area contributed by atoms with Crippen molar-refractivity contribution in [1.82, 2.24) is 4.90 Å². The molecule has 0 aromatic rings. The van der Waals surface area contributed by atoms with Crippen LogP contribution in [0.15, 0.2) is 0 Å². The van der Waals surface area contributed by atoms with Crippen LogP contribution in [0.1, 0.15) is 65.2 Å². The van der Waals surface area contributed by atoms with Gasteiger partial charge in [-0.05, 0) is 43.9 Å². The van der Waals surface area contributed by atoms with Gasteiger partial charge in [-0.1, -0.05) is 42.6 Å². The molecular weight excluding hydrogens is 302 g/mol. The lowest BCUT2D eigenvalue weighted by molar-refractivity contribution is -0.142. The molecule has 0 aromatic carbocycles. The third kappa shape index (κ3) is 3.53. The van der Waals surface area contributed by atoms with Crippen LogP contribution in [0.2, 0.25) is 0 Å². The van der Waals surface area contributed by atoms with Crippen LogP contribution in [0.3, 0.4) is 0 Å². The predicted molar refractivity (Wildman–Crippen MR) is 83.5 cm³/mol. The molecule has 1 saturated carbocycles. The van der Waals surface area contributed by atoms with E-state index in [1.54, 1.807) is 0 Å². The van der Waals surface area contributed by atoms with Gasteiger partial charge in [0.2, 0.25) is 5.91 Å². The summed E-state index contributed by atoms with van der Waals surface area (Å²) in [6.07, 6.45) is 9.62. The molecule has 1 aliphatic heterocycles. The smallest absolute Gasteiger partial charge is 0.226 e. The molecule has 0 N–H and O–H groups in total. The minimum Gasteiger partial charge on any atom is -0.339 e. The molecule has 3 heteroatoms. The quantitative estimate of drug-likeness (QED) is 0.701. The van der Waals surface area contributed by atoms with Crippen LogP contribution >= 0.6 is 15.9 Å². The highest BCUT2D eigenvalue weighted by atomic mass is 79.9. The molecule has 2 aliphatic rings. The Morgan fingerprint density at radius 3 is 2.74 bits per heavy atom. The highest BCUT2D eigenvalue weighted by Gasteiger charge is 2.41. The van der Waals surface area contributed by atoms with Gasteiger partial charge in [-0.25, -0.2) is 0 Å². The van der Waals surface area contributed by atoms with E-state index in [0.29, 0.717) is 11.9 Å². The van der Waals surface area contributed by atoms with Crippen molar-refractivity contribution in [3.8, 4) is 0 Å². The number of likely N-dealkylation sites (tertiary alicyclic amines) is 1. The van der Waals surface area contributed by atoms with Crippen molar-refractivity contribution in [2.45, 2.75) is 71.3 Å². The Labute approximate surface area is 126 Å². The highest BCUT2D eigenvalue weighted by Crippen LogP contribution is 2.42. The van der Waals surface area contributed by atoms with Crippen molar-refractivity contribution < 1.29 is 4.79 Å². The first-order valence-electron chi connectivity index (χ1n) is 7.93. The largest absolute Gasteiger partial charge is 0.339 e. The number of halogens is 1. The summed E-state index contributed by atoms with van der Waals surface area (Å²) in [5.41, 5.74) is 0.206. The fraction of sp³-hybridized carbons (Fsp3) is 0.938. The lowest BCUT2D eigenvalue weighted by Crippen LogP contribution is -2.45. The third-order valence-electron chi connectivity index (χ3n) is 5.14. The molecule has 2 fully saturated rings. The summed E-state index contributed by atoms with van der Waals surface area (Å²) in [5.74, 6) is 0.729. The predicted octanol–water partition coefficient (Wildman–Crippen LogP) is 4.37. The van der Waals surface area contributed by atoms with E-state index in [1.165, 1.54) is 44.9 Å². The number of hydrogen-bond acceptors (Lipinski definition) is 1. The summed E-state index contributed by atoms with van der Waals surface area (Å²) in [7, 11) is 0. The second-order valence-corrected chi connectivity index (χ2v) is 7.74. The third-order valence-corrected chi connectivity index (χ3v) is 5.70. The van der Waals surface area contributed by atoms with Gasteiger partial charge in [0.1, 0.15) is 0 Å². The number of carbonyl (C=O) groups is 1. The van der Waals surface area contributed by atoms with Crippen molar-refractivity contribution in [1.29, 1.82) is 0 Å². The molecule has 1 aliphatic carbocycles. The monoisotopic (exact) mass is 329 g/mol. The van der Waals surface area contributed by atoms with Gasteiger partial charge >= 0.3 is 0 Å². The Balaban J connectivity index is 2.01. The minimum atomic E-state index is 0.206. The Hall–Kier alpha value is -0.0500. The van der Waals surface area contributed by atoms with Gasteiger partial charge in [0.15, 0.2) is 0 Å². The summed E-state index contributed by atoms with van der Waals surface area (Å²) in [5, 5.41) is 1.06. The molecular formula is C16H28BrNO. The van der Waals surface area contributed by atoms with Crippen molar-refractivity contribution in [2.24, 2.45) is 11.3 Å². The topological polar surface area (TPSA) is 20.3 Å². The second kappa shape index (κ2) is 6.60. The Morgan fingerprint density at radius 2 is 2.05 bits per heavy atom. The second-order valence-electron chi connectivity index (χ2n) is 6.95. The van der Waals surface area contributed by atoms with E-state index < -0.39 is 0 Å². The number of hydrogen-bond donors (Lipinski definition) is 0. The zero-order chi connectivity index (χ0) is 13.9. The Bertz CT molecular complexity index is 316. The van der Waals surface area contributed by atoms with E-state index >= 15 is 0 Å². The van der Waals surface area contributed by atoms with Gasteiger partial charge in [-0.2, -0.15) is 0 Å². The summed E-state index contributed by atoms with van der Waals surface area (Å²) < 4.78 is 0. The first-order chi connectivity index (χ1) is 9.06. The first kappa shape index (κ1) is 15.3. The summed E-state index contributed by atoms with van der Waals surface area (Å²) in [6, 6.07) is 0.516. The van der Waals surface area contributed by atoms with Crippen LogP contribution in [0, 0.1) is 11.3 Å². The molecule has 1 saturated heterocycles. The van der Waals surface area contributed by atoms with E-state index in [0.717, 1.165) is 18.3 Å². The molecule has 2 atom stereocenters. The lowest BCUT2D eigenvalue weighted by Gasteiger charge is -2.40. The standard InChI is InChI=1S/C16H28BrNO/c1-16(2)10-4-3-9-14(16)15(19)18-12-6-8-13(18)7-5-11-17/h13-14H,3-12H2,1-2H3. The molecule has 1 heterocycles. The Kier molecular flexibility index (Phi) is 5.33. The van der Waals surface area contributed by atoms with E-state index in [1.807, 2.05) is 0 Å². The molecule has 2 unspecified atom stereocenters. The van der Waals surface area contributed by atoms with Crippen LogP contribution < -0.4 is 0 Å². The number of nitrogens with zero attached hydrogens (tertiary/aromatic N) is 1. The van der Waals surface area contributed by atoms with Gasteiger partial charge in [0.25, 0.3) is 0 Å². The molecule has 1 amide bonds. The maximum Gasteiger partial charge on any atom is 0.226 e. The molecule has 0 radical (unpaired) electrons. The number of carbonyl (C=O) groups excluding carboxylic acids is 1. The van der Waals surface area contributed by atoms with Crippen LogP contribution in [0.4, 0.5) is 0 Å². The highest BCUT2D eigenvalue weighted by molar-refractivity contribution is 9.09. The average molecular weight is 330 g/mol. The van der Waals surface area contributed by atoms with E-state index in [4.69, 9.17) is 0 Å². The normalized spacial score (nSPS) is 30.6. The molecule has 19 heavy (non-hydrogen) atoms. The van der Waals surface area contributed by atoms with E-state index in [2.05, 4.69) is 34.7 Å². The first-order valence-corrected chi connectivity index (χ1v) is 9.05. The molecule has 2 rings (SSSR count). The number of amides is 1. The minimum absolute atomic E-state index is 0.206. The van der Waals surface area contributed by atoms with Crippen LogP contribution in [0.25, 0.3) is 0 Å². The fourth-order valence-corrected chi connectivity index (χ4v) is 4.21. The fourth-order valence-electron chi connectivity index (χ4n) is 3.89. The van der Waals surface area contributed by atoms with Gasteiger partial charge in [0, 0.05) is 23.8 Å². The molecule has 0 spiro atoms. The molecule has 110 valence electrons. The SMILES string of the molecule is CC1(C)CCCCC1C(=O)N1CCCC1CCCBr. The summed E-state index contributed by atoms with van der Waals surface area (Å²) in [4.78, 5) is 15.1. The number of rotatable bonds is 4. The van der Waals surface area contributed by atoms with Crippen molar-refractivity contribution >= 4 is 21.8 Å². The zero-order valence-corrected chi connectivity index (χ0v) is 14.0. The lowest BCUT2D eigenvalue weighted by atomic mass is 9.68. The van der Waals surface area contributed by atoms with Crippen molar-refractivity contribution in [3.05, 3.63) is 0 Å². The summed E-state index contributed by atoms with van der Waals surface area (Å²) in [6.45, 7) is 5.58. The molecule has 0 aromatic heterocycles. The van der Waals surface area contributed by atoms with Gasteiger partial charge < -0.3 is 4.90 Å². The van der Waals surface area contributed by atoms with Gasteiger partial charge in [-0.15, -0.1) is 0 Å². The summed E-state index contributed by atoms with van der Waals surface area (Å²) >= 11 is 3.50. The van der Waals surface area contributed by atoms with Gasteiger partial charge in [-0.3, -0.25) is 4.79 Å². The van der Waals surface area contributed by atoms with E-state index in [9.17, 15) is 4.79 Å².